The molecule has 0 saturated carbocycles. The summed E-state index contributed by atoms with van der Waals surface area (Å²) in [5, 5.41) is 3.36. The van der Waals surface area contributed by atoms with Crippen molar-refractivity contribution in [1.29, 1.82) is 0 Å². The second-order valence-electron chi connectivity index (χ2n) is 4.70. The van der Waals surface area contributed by atoms with Crippen LogP contribution in [0.5, 0.6) is 0 Å². The predicted octanol–water partition coefficient (Wildman–Crippen LogP) is 2.52. The Morgan fingerprint density at radius 1 is 1.33 bits per heavy atom. The van der Waals surface area contributed by atoms with Crippen LogP contribution in [0.2, 0.25) is 0 Å². The SMILES string of the molecule is Cc1cc(F)ccc1SCCCN1CCNCC1. The van der Waals surface area contributed by atoms with Crippen LogP contribution in [0.3, 0.4) is 0 Å². The molecule has 18 heavy (non-hydrogen) atoms. The van der Waals surface area contributed by atoms with Crippen molar-refractivity contribution in [3.05, 3.63) is 29.6 Å². The Labute approximate surface area is 113 Å². The molecule has 0 bridgehead atoms. The smallest absolute Gasteiger partial charge is 0.123 e. The quantitative estimate of drug-likeness (QED) is 0.652. The normalized spacial score (nSPS) is 17.0. The number of rotatable bonds is 5. The lowest BCUT2D eigenvalue weighted by Gasteiger charge is -2.26. The first-order valence-corrected chi connectivity index (χ1v) is 7.56. The van der Waals surface area contributed by atoms with Gasteiger partial charge in [-0.1, -0.05) is 0 Å². The van der Waals surface area contributed by atoms with Crippen molar-refractivity contribution in [3.63, 3.8) is 0 Å². The molecule has 0 amide bonds. The number of piperazine rings is 1. The summed E-state index contributed by atoms with van der Waals surface area (Å²) < 4.78 is 13.0. The van der Waals surface area contributed by atoms with E-state index in [0.29, 0.717) is 0 Å². The van der Waals surface area contributed by atoms with E-state index in [2.05, 4.69) is 10.2 Å². The Balaban J connectivity index is 1.68. The van der Waals surface area contributed by atoms with E-state index >= 15 is 0 Å². The summed E-state index contributed by atoms with van der Waals surface area (Å²) in [5.74, 6) is 0.966. The van der Waals surface area contributed by atoms with Crippen LogP contribution >= 0.6 is 11.8 Å². The topological polar surface area (TPSA) is 15.3 Å². The fourth-order valence-corrected chi connectivity index (χ4v) is 3.12. The number of nitrogens with zero attached hydrogens (tertiary/aromatic N) is 1. The van der Waals surface area contributed by atoms with Gasteiger partial charge < -0.3 is 10.2 Å². The molecule has 1 aliphatic rings. The summed E-state index contributed by atoms with van der Waals surface area (Å²) in [7, 11) is 0. The minimum Gasteiger partial charge on any atom is -0.314 e. The highest BCUT2D eigenvalue weighted by Crippen LogP contribution is 2.23. The van der Waals surface area contributed by atoms with Crippen molar-refractivity contribution in [2.45, 2.75) is 18.2 Å². The van der Waals surface area contributed by atoms with Crippen molar-refractivity contribution in [1.82, 2.24) is 10.2 Å². The Hall–Kier alpha value is -0.580. The molecule has 1 heterocycles. The monoisotopic (exact) mass is 268 g/mol. The standard InChI is InChI=1S/C14H21FN2S/c1-12-11-13(15)3-4-14(12)18-10-2-7-17-8-5-16-6-9-17/h3-4,11,16H,2,5-10H2,1H3. The van der Waals surface area contributed by atoms with Gasteiger partial charge in [-0.3, -0.25) is 0 Å². The van der Waals surface area contributed by atoms with Crippen molar-refractivity contribution < 1.29 is 4.39 Å². The fraction of sp³-hybridized carbons (Fsp3) is 0.571. The summed E-state index contributed by atoms with van der Waals surface area (Å²) >= 11 is 1.84. The van der Waals surface area contributed by atoms with Gasteiger partial charge in [0.2, 0.25) is 0 Å². The van der Waals surface area contributed by atoms with Gasteiger partial charge in [0, 0.05) is 31.1 Å². The third-order valence-corrected chi connectivity index (χ3v) is 4.48. The minimum atomic E-state index is -0.141. The van der Waals surface area contributed by atoms with Gasteiger partial charge in [0.05, 0.1) is 0 Å². The lowest BCUT2D eigenvalue weighted by Crippen LogP contribution is -2.43. The van der Waals surface area contributed by atoms with Gasteiger partial charge in [-0.2, -0.15) is 0 Å². The molecule has 0 spiro atoms. The van der Waals surface area contributed by atoms with Crippen molar-refractivity contribution >= 4 is 11.8 Å². The van der Waals surface area contributed by atoms with Crippen LogP contribution in [0.25, 0.3) is 0 Å². The summed E-state index contributed by atoms with van der Waals surface area (Å²) in [6, 6.07) is 5.05. The number of nitrogens with one attached hydrogen (secondary N) is 1. The molecule has 1 aromatic carbocycles. The first-order valence-electron chi connectivity index (χ1n) is 6.58. The van der Waals surface area contributed by atoms with E-state index in [1.165, 1.54) is 31.0 Å². The number of aryl methyl sites for hydroxylation is 1. The first-order chi connectivity index (χ1) is 8.75. The van der Waals surface area contributed by atoms with Crippen LogP contribution in [-0.4, -0.2) is 43.4 Å². The molecule has 0 unspecified atom stereocenters. The Morgan fingerprint density at radius 2 is 2.11 bits per heavy atom. The Bertz CT molecular complexity index is 378. The van der Waals surface area contributed by atoms with Gasteiger partial charge in [0.15, 0.2) is 0 Å². The highest BCUT2D eigenvalue weighted by molar-refractivity contribution is 7.99. The van der Waals surface area contributed by atoms with E-state index in [9.17, 15) is 4.39 Å². The Kier molecular flexibility index (Phi) is 5.47. The zero-order valence-electron chi connectivity index (χ0n) is 10.9. The number of hydrogen-bond acceptors (Lipinski definition) is 3. The molecule has 1 N–H and O–H groups in total. The summed E-state index contributed by atoms with van der Waals surface area (Å²) in [5.41, 5.74) is 1.04. The zero-order valence-corrected chi connectivity index (χ0v) is 11.7. The van der Waals surface area contributed by atoms with Crippen LogP contribution in [0.1, 0.15) is 12.0 Å². The maximum Gasteiger partial charge on any atom is 0.123 e. The summed E-state index contributed by atoms with van der Waals surface area (Å²) in [6.45, 7) is 7.71. The lowest BCUT2D eigenvalue weighted by molar-refractivity contribution is 0.242. The second-order valence-corrected chi connectivity index (χ2v) is 5.84. The van der Waals surface area contributed by atoms with E-state index in [4.69, 9.17) is 0 Å². The molecule has 0 radical (unpaired) electrons. The number of thioether (sulfide) groups is 1. The molecule has 1 aromatic rings. The van der Waals surface area contributed by atoms with Gasteiger partial charge in [-0.15, -0.1) is 11.8 Å². The molecular weight excluding hydrogens is 247 g/mol. The molecule has 4 heteroatoms. The average Bonchev–Trinajstić information content (AvgIpc) is 2.38. The minimum absolute atomic E-state index is 0.141. The predicted molar refractivity (Wildman–Crippen MR) is 75.8 cm³/mol. The van der Waals surface area contributed by atoms with E-state index in [0.717, 1.165) is 24.4 Å². The molecule has 0 aromatic heterocycles. The number of hydrogen-bond donors (Lipinski definition) is 1. The second kappa shape index (κ2) is 7.12. The van der Waals surface area contributed by atoms with E-state index in [-0.39, 0.29) is 5.82 Å². The molecule has 2 nitrogen and oxygen atoms in total. The molecule has 2 rings (SSSR count). The highest BCUT2D eigenvalue weighted by atomic mass is 32.2. The third-order valence-electron chi connectivity index (χ3n) is 3.22. The lowest BCUT2D eigenvalue weighted by atomic mass is 10.2. The molecule has 100 valence electrons. The van der Waals surface area contributed by atoms with Crippen molar-refractivity contribution in [2.24, 2.45) is 0 Å². The molecular formula is C14H21FN2S. The average molecular weight is 268 g/mol. The van der Waals surface area contributed by atoms with Crippen molar-refractivity contribution in [2.75, 3.05) is 38.5 Å². The van der Waals surface area contributed by atoms with Crippen LogP contribution in [0.15, 0.2) is 23.1 Å². The number of halogens is 1. The van der Waals surface area contributed by atoms with Crippen LogP contribution in [0, 0.1) is 12.7 Å². The molecule has 0 aliphatic carbocycles. The largest absolute Gasteiger partial charge is 0.314 e. The van der Waals surface area contributed by atoms with E-state index in [1.54, 1.807) is 12.1 Å². The van der Waals surface area contributed by atoms with Crippen molar-refractivity contribution in [3.8, 4) is 0 Å². The van der Waals surface area contributed by atoms with E-state index < -0.39 is 0 Å². The Morgan fingerprint density at radius 3 is 2.83 bits per heavy atom. The van der Waals surface area contributed by atoms with Gasteiger partial charge in [-0.05, 0) is 49.4 Å². The van der Waals surface area contributed by atoms with Crippen LogP contribution < -0.4 is 5.32 Å². The third kappa shape index (κ3) is 4.26. The van der Waals surface area contributed by atoms with Gasteiger partial charge >= 0.3 is 0 Å². The van der Waals surface area contributed by atoms with E-state index in [1.807, 2.05) is 24.8 Å². The maximum atomic E-state index is 13.0. The molecule has 1 aliphatic heterocycles. The van der Waals surface area contributed by atoms with Gasteiger partial charge in [-0.25, -0.2) is 4.39 Å². The summed E-state index contributed by atoms with van der Waals surface area (Å²) in [4.78, 5) is 3.71. The molecule has 1 fully saturated rings. The highest BCUT2D eigenvalue weighted by Gasteiger charge is 2.08. The van der Waals surface area contributed by atoms with Gasteiger partial charge in [0.1, 0.15) is 5.82 Å². The molecule has 0 atom stereocenters. The maximum absolute atomic E-state index is 13.0. The van der Waals surface area contributed by atoms with Crippen LogP contribution in [-0.2, 0) is 0 Å². The first kappa shape index (κ1) is 13.8. The van der Waals surface area contributed by atoms with Gasteiger partial charge in [0.25, 0.3) is 0 Å². The summed E-state index contributed by atoms with van der Waals surface area (Å²) in [6.07, 6.45) is 1.20. The number of benzene rings is 1. The molecule has 1 saturated heterocycles. The van der Waals surface area contributed by atoms with Crippen LogP contribution in [0.4, 0.5) is 4.39 Å². The fourth-order valence-electron chi connectivity index (χ4n) is 2.18. The zero-order chi connectivity index (χ0) is 12.8.